The first-order valence-corrected chi connectivity index (χ1v) is 5.15. The maximum Gasteiger partial charge on any atom is 0.237 e. The van der Waals surface area contributed by atoms with Gasteiger partial charge in [-0.15, -0.1) is 0 Å². The number of hydrogen-bond donors (Lipinski definition) is 2. The van der Waals surface area contributed by atoms with Crippen LogP contribution in [0.15, 0.2) is 18.5 Å². The van der Waals surface area contributed by atoms with Crippen molar-refractivity contribution in [3.05, 3.63) is 24.0 Å². The van der Waals surface area contributed by atoms with Crippen LogP contribution in [0.3, 0.4) is 0 Å². The normalized spacial score (nSPS) is 12.9. The van der Waals surface area contributed by atoms with Gasteiger partial charge in [0.2, 0.25) is 5.91 Å². The highest BCUT2D eigenvalue weighted by atomic mass is 16.2. The summed E-state index contributed by atoms with van der Waals surface area (Å²) in [6.07, 6.45) is 3.92. The molecule has 1 aromatic rings. The Morgan fingerprint density at radius 3 is 2.73 bits per heavy atom. The lowest BCUT2D eigenvalue weighted by Gasteiger charge is -2.14. The molecule has 0 bridgehead atoms. The SMILES string of the molecule is CC(C)[C@H](N)C(=O)NCc1ccn(C)c1. The molecule has 3 N–H and O–H groups in total. The fraction of sp³-hybridized carbons (Fsp3) is 0.545. The molecule has 0 aromatic carbocycles. The molecule has 0 saturated heterocycles. The number of nitrogens with two attached hydrogens (primary N) is 1. The molecule has 15 heavy (non-hydrogen) atoms. The van der Waals surface area contributed by atoms with E-state index in [1.807, 2.05) is 43.9 Å². The number of rotatable bonds is 4. The van der Waals surface area contributed by atoms with Gasteiger partial charge in [-0.2, -0.15) is 0 Å². The molecule has 0 unspecified atom stereocenters. The number of aryl methyl sites for hydroxylation is 1. The Hall–Kier alpha value is -1.29. The van der Waals surface area contributed by atoms with E-state index in [1.54, 1.807) is 0 Å². The van der Waals surface area contributed by atoms with Crippen molar-refractivity contribution in [3.63, 3.8) is 0 Å². The predicted molar refractivity (Wildman–Crippen MR) is 60.1 cm³/mol. The lowest BCUT2D eigenvalue weighted by Crippen LogP contribution is -2.43. The van der Waals surface area contributed by atoms with E-state index in [4.69, 9.17) is 5.73 Å². The van der Waals surface area contributed by atoms with E-state index in [2.05, 4.69) is 5.32 Å². The van der Waals surface area contributed by atoms with Crippen molar-refractivity contribution in [2.24, 2.45) is 18.7 Å². The van der Waals surface area contributed by atoms with E-state index in [0.717, 1.165) is 5.56 Å². The van der Waals surface area contributed by atoms with Gasteiger partial charge in [-0.25, -0.2) is 0 Å². The van der Waals surface area contributed by atoms with Crippen LogP contribution >= 0.6 is 0 Å². The number of nitrogens with one attached hydrogen (secondary N) is 1. The van der Waals surface area contributed by atoms with Crippen LogP contribution in [0.4, 0.5) is 0 Å². The van der Waals surface area contributed by atoms with Crippen LogP contribution in [-0.2, 0) is 18.4 Å². The number of carbonyl (C=O) groups is 1. The number of carbonyl (C=O) groups excluding carboxylic acids is 1. The third-order valence-electron chi connectivity index (χ3n) is 2.38. The van der Waals surface area contributed by atoms with Crippen LogP contribution in [0.5, 0.6) is 0 Å². The van der Waals surface area contributed by atoms with Crippen LogP contribution in [0.1, 0.15) is 19.4 Å². The van der Waals surface area contributed by atoms with E-state index in [1.165, 1.54) is 0 Å². The zero-order valence-electron chi connectivity index (χ0n) is 9.53. The fourth-order valence-electron chi connectivity index (χ4n) is 1.28. The first kappa shape index (κ1) is 11.8. The van der Waals surface area contributed by atoms with Crippen LogP contribution in [-0.4, -0.2) is 16.5 Å². The standard InChI is InChI=1S/C11H19N3O/c1-8(2)10(12)11(15)13-6-9-4-5-14(3)7-9/h4-5,7-8,10H,6,12H2,1-3H3,(H,13,15)/t10-/m0/s1. The number of hydrogen-bond acceptors (Lipinski definition) is 2. The lowest BCUT2D eigenvalue weighted by molar-refractivity contribution is -0.123. The Kier molecular flexibility index (Phi) is 3.91. The molecule has 0 fully saturated rings. The highest BCUT2D eigenvalue weighted by Crippen LogP contribution is 2.01. The number of aromatic nitrogens is 1. The quantitative estimate of drug-likeness (QED) is 0.764. The van der Waals surface area contributed by atoms with Gasteiger partial charge in [-0.1, -0.05) is 13.8 Å². The Morgan fingerprint density at radius 1 is 1.60 bits per heavy atom. The summed E-state index contributed by atoms with van der Waals surface area (Å²) in [6, 6.07) is 1.55. The smallest absolute Gasteiger partial charge is 0.237 e. The zero-order chi connectivity index (χ0) is 11.4. The third-order valence-corrected chi connectivity index (χ3v) is 2.38. The molecule has 0 saturated carbocycles. The van der Waals surface area contributed by atoms with Gasteiger partial charge < -0.3 is 15.6 Å². The van der Waals surface area contributed by atoms with Crippen molar-refractivity contribution in [1.29, 1.82) is 0 Å². The maximum absolute atomic E-state index is 11.5. The zero-order valence-corrected chi connectivity index (χ0v) is 9.53. The van der Waals surface area contributed by atoms with Crippen LogP contribution in [0.25, 0.3) is 0 Å². The Morgan fingerprint density at radius 2 is 2.27 bits per heavy atom. The van der Waals surface area contributed by atoms with E-state index >= 15 is 0 Å². The summed E-state index contributed by atoms with van der Waals surface area (Å²) >= 11 is 0. The van der Waals surface area contributed by atoms with Crippen molar-refractivity contribution in [3.8, 4) is 0 Å². The molecule has 84 valence electrons. The van der Waals surface area contributed by atoms with Gasteiger partial charge in [-0.05, 0) is 17.5 Å². The van der Waals surface area contributed by atoms with E-state index in [0.29, 0.717) is 6.54 Å². The molecule has 1 aromatic heterocycles. The van der Waals surface area contributed by atoms with Gasteiger partial charge in [0.15, 0.2) is 0 Å². The molecule has 0 aliphatic heterocycles. The molecule has 1 atom stereocenters. The first-order valence-electron chi connectivity index (χ1n) is 5.15. The lowest BCUT2D eigenvalue weighted by atomic mass is 10.1. The summed E-state index contributed by atoms with van der Waals surface area (Å²) < 4.78 is 1.95. The van der Waals surface area contributed by atoms with Crippen molar-refractivity contribution >= 4 is 5.91 Å². The maximum atomic E-state index is 11.5. The molecule has 1 amide bonds. The van der Waals surface area contributed by atoms with Crippen molar-refractivity contribution in [2.75, 3.05) is 0 Å². The van der Waals surface area contributed by atoms with Gasteiger partial charge in [0.05, 0.1) is 6.04 Å². The fourth-order valence-corrected chi connectivity index (χ4v) is 1.28. The molecular weight excluding hydrogens is 190 g/mol. The van der Waals surface area contributed by atoms with E-state index in [-0.39, 0.29) is 11.8 Å². The summed E-state index contributed by atoms with van der Waals surface area (Å²) in [6.45, 7) is 4.42. The molecule has 0 aliphatic carbocycles. The first-order chi connectivity index (χ1) is 7.00. The minimum Gasteiger partial charge on any atom is -0.357 e. The monoisotopic (exact) mass is 209 g/mol. The van der Waals surface area contributed by atoms with Crippen LogP contribution < -0.4 is 11.1 Å². The Balaban J connectivity index is 2.40. The van der Waals surface area contributed by atoms with Crippen molar-refractivity contribution in [1.82, 2.24) is 9.88 Å². The minimum absolute atomic E-state index is 0.0890. The molecular formula is C11H19N3O. The van der Waals surface area contributed by atoms with Gasteiger partial charge in [-0.3, -0.25) is 4.79 Å². The second-order valence-corrected chi connectivity index (χ2v) is 4.17. The van der Waals surface area contributed by atoms with E-state index in [9.17, 15) is 4.79 Å². The van der Waals surface area contributed by atoms with Gasteiger partial charge >= 0.3 is 0 Å². The van der Waals surface area contributed by atoms with Gasteiger partial charge in [0.1, 0.15) is 0 Å². The van der Waals surface area contributed by atoms with Crippen LogP contribution in [0, 0.1) is 5.92 Å². The summed E-state index contributed by atoms with van der Waals surface area (Å²) in [5.74, 6) is 0.0784. The second-order valence-electron chi connectivity index (χ2n) is 4.17. The van der Waals surface area contributed by atoms with Gasteiger partial charge in [0.25, 0.3) is 0 Å². The minimum atomic E-state index is -0.422. The van der Waals surface area contributed by atoms with Crippen molar-refractivity contribution < 1.29 is 4.79 Å². The van der Waals surface area contributed by atoms with E-state index < -0.39 is 6.04 Å². The van der Waals surface area contributed by atoms with Crippen LogP contribution in [0.2, 0.25) is 0 Å². The highest BCUT2D eigenvalue weighted by Gasteiger charge is 2.16. The molecule has 0 radical (unpaired) electrons. The molecule has 0 aliphatic rings. The average molecular weight is 209 g/mol. The molecule has 4 heteroatoms. The second kappa shape index (κ2) is 4.98. The summed E-state index contributed by atoms with van der Waals surface area (Å²) in [5, 5.41) is 2.82. The summed E-state index contributed by atoms with van der Waals surface area (Å²) in [4.78, 5) is 11.5. The Labute approximate surface area is 90.5 Å². The molecule has 4 nitrogen and oxygen atoms in total. The van der Waals surface area contributed by atoms with Gasteiger partial charge in [0, 0.05) is 26.0 Å². The molecule has 1 rings (SSSR count). The van der Waals surface area contributed by atoms with Crippen molar-refractivity contribution in [2.45, 2.75) is 26.4 Å². The summed E-state index contributed by atoms with van der Waals surface area (Å²) in [7, 11) is 1.95. The number of amides is 1. The largest absolute Gasteiger partial charge is 0.357 e. The Bertz CT molecular complexity index is 330. The molecule has 0 spiro atoms. The highest BCUT2D eigenvalue weighted by molar-refractivity contribution is 5.81. The number of nitrogens with zero attached hydrogens (tertiary/aromatic N) is 1. The third kappa shape index (κ3) is 3.40. The topological polar surface area (TPSA) is 60.1 Å². The predicted octanol–water partition coefficient (Wildman–Crippen LogP) is 0.625. The average Bonchev–Trinajstić information content (AvgIpc) is 2.59. The molecule has 1 heterocycles. The summed E-state index contributed by atoms with van der Waals surface area (Å²) in [5.41, 5.74) is 6.80.